The van der Waals surface area contributed by atoms with Gasteiger partial charge in [-0.2, -0.15) is 0 Å². The first-order valence-electron chi connectivity index (χ1n) is 9.86. The summed E-state index contributed by atoms with van der Waals surface area (Å²) in [7, 11) is 0. The van der Waals surface area contributed by atoms with Crippen LogP contribution in [0.4, 0.5) is 0 Å². The third kappa shape index (κ3) is 4.20. The molecule has 1 saturated carbocycles. The molecule has 1 N–H and O–H groups in total. The molecule has 0 spiro atoms. The van der Waals surface area contributed by atoms with E-state index in [1.165, 1.54) is 19.3 Å². The second-order valence-electron chi connectivity index (χ2n) is 7.73. The summed E-state index contributed by atoms with van der Waals surface area (Å²) in [6.45, 7) is 3.03. The van der Waals surface area contributed by atoms with Gasteiger partial charge in [-0.15, -0.1) is 0 Å². The van der Waals surface area contributed by atoms with Gasteiger partial charge in [-0.1, -0.05) is 38.3 Å². The Labute approximate surface area is 145 Å². The van der Waals surface area contributed by atoms with E-state index in [-0.39, 0.29) is 30.2 Å². The number of fused-ring (bicyclic) bond motifs is 1. The van der Waals surface area contributed by atoms with Crippen molar-refractivity contribution in [3.8, 4) is 0 Å². The van der Waals surface area contributed by atoms with Crippen molar-refractivity contribution in [2.75, 3.05) is 6.61 Å². The average Bonchev–Trinajstić information content (AvgIpc) is 3.10. The van der Waals surface area contributed by atoms with Crippen molar-refractivity contribution in [2.45, 2.75) is 83.0 Å². The number of carbonyl (C=O) groups is 1. The van der Waals surface area contributed by atoms with Crippen LogP contribution in [0.1, 0.15) is 64.7 Å². The van der Waals surface area contributed by atoms with E-state index >= 15 is 0 Å². The lowest BCUT2D eigenvalue weighted by Crippen LogP contribution is -2.31. The number of hydrogen-bond acceptors (Lipinski definition) is 4. The van der Waals surface area contributed by atoms with Crippen molar-refractivity contribution >= 4 is 5.97 Å². The average molecular weight is 336 g/mol. The highest BCUT2D eigenvalue weighted by Gasteiger charge is 2.51. The van der Waals surface area contributed by atoms with E-state index in [0.717, 1.165) is 38.7 Å². The van der Waals surface area contributed by atoms with Crippen molar-refractivity contribution in [1.29, 1.82) is 0 Å². The minimum Gasteiger partial charge on any atom is -0.462 e. The Hall–Kier alpha value is -0.870. The van der Waals surface area contributed by atoms with Crippen LogP contribution in [0.5, 0.6) is 0 Å². The van der Waals surface area contributed by atoms with Crippen molar-refractivity contribution in [3.63, 3.8) is 0 Å². The summed E-state index contributed by atoms with van der Waals surface area (Å²) in [5, 5.41) is 10.2. The number of aliphatic hydroxyl groups excluding tert-OH is 1. The monoisotopic (exact) mass is 336 g/mol. The highest BCUT2D eigenvalue weighted by atomic mass is 16.6. The molecule has 0 bridgehead atoms. The molecule has 136 valence electrons. The number of unbranched alkanes of at least 4 members (excludes halogenated alkanes) is 2. The number of allylic oxidation sites excluding steroid dienone is 1. The molecule has 0 amide bonds. The summed E-state index contributed by atoms with van der Waals surface area (Å²) in [5.74, 6) is 0.930. The summed E-state index contributed by atoms with van der Waals surface area (Å²) < 4.78 is 11.6. The lowest BCUT2D eigenvalue weighted by atomic mass is 9.82. The summed E-state index contributed by atoms with van der Waals surface area (Å²) >= 11 is 0. The molecule has 3 aliphatic rings. The minimum absolute atomic E-state index is 0.0555. The van der Waals surface area contributed by atoms with Crippen LogP contribution in [-0.2, 0) is 14.3 Å². The van der Waals surface area contributed by atoms with Gasteiger partial charge in [0.1, 0.15) is 6.10 Å². The van der Waals surface area contributed by atoms with Crippen molar-refractivity contribution in [1.82, 2.24) is 0 Å². The van der Waals surface area contributed by atoms with Gasteiger partial charge in [0, 0.05) is 12.5 Å². The first-order valence-corrected chi connectivity index (χ1v) is 9.86. The number of aliphatic hydroxyl groups is 1. The first kappa shape index (κ1) is 17.9. The largest absolute Gasteiger partial charge is 0.462 e. The third-order valence-electron chi connectivity index (χ3n) is 6.01. The first-order chi connectivity index (χ1) is 11.7. The number of hydrogen-bond donors (Lipinski definition) is 1. The van der Waals surface area contributed by atoms with Crippen LogP contribution in [0, 0.1) is 17.8 Å². The van der Waals surface area contributed by atoms with Crippen LogP contribution in [0.2, 0.25) is 0 Å². The van der Waals surface area contributed by atoms with Crippen molar-refractivity contribution in [2.24, 2.45) is 17.8 Å². The van der Waals surface area contributed by atoms with Gasteiger partial charge < -0.3 is 14.6 Å². The Bertz CT molecular complexity index is 441. The lowest BCUT2D eigenvalue weighted by Gasteiger charge is -2.31. The standard InChI is InChI=1S/C20H32O4/c1-2-3-4-7-14(21)9-10-15-16(18-8-5-6-11-23-18)12-19-17(15)13-20(22)24-19/h9-10,14-19,21H,2-8,11-13H2,1H3/b10-9+/t14-,15+,16-,17+,18?,19-/m1/s1. The van der Waals surface area contributed by atoms with Crippen molar-refractivity contribution in [3.05, 3.63) is 12.2 Å². The fourth-order valence-corrected chi connectivity index (χ4v) is 4.72. The number of carbonyl (C=O) groups excluding carboxylic acids is 1. The number of esters is 1. The van der Waals surface area contributed by atoms with Crippen LogP contribution < -0.4 is 0 Å². The Kier molecular flexibility index (Phi) is 6.34. The van der Waals surface area contributed by atoms with Crippen LogP contribution in [0.25, 0.3) is 0 Å². The Morgan fingerprint density at radius 3 is 2.88 bits per heavy atom. The maximum absolute atomic E-state index is 11.7. The lowest BCUT2D eigenvalue weighted by molar-refractivity contribution is -0.142. The van der Waals surface area contributed by atoms with Crippen LogP contribution in [0.15, 0.2) is 12.2 Å². The normalized spacial score (nSPS) is 37.6. The fourth-order valence-electron chi connectivity index (χ4n) is 4.72. The molecule has 2 aliphatic heterocycles. The Morgan fingerprint density at radius 2 is 2.12 bits per heavy atom. The topological polar surface area (TPSA) is 55.8 Å². The molecule has 3 rings (SSSR count). The molecule has 0 aromatic rings. The van der Waals surface area contributed by atoms with Gasteiger partial charge in [0.15, 0.2) is 0 Å². The van der Waals surface area contributed by atoms with Gasteiger partial charge in [-0.3, -0.25) is 4.79 Å². The highest BCUT2D eigenvalue weighted by Crippen LogP contribution is 2.48. The second-order valence-corrected chi connectivity index (χ2v) is 7.73. The summed E-state index contributed by atoms with van der Waals surface area (Å²) in [4.78, 5) is 11.7. The molecule has 0 radical (unpaired) electrons. The number of rotatable bonds is 7. The summed E-state index contributed by atoms with van der Waals surface area (Å²) in [6, 6.07) is 0. The van der Waals surface area contributed by atoms with Crippen LogP contribution in [-0.4, -0.2) is 36.0 Å². The second kappa shape index (κ2) is 8.48. The molecule has 0 aromatic carbocycles. The molecule has 2 heterocycles. The predicted molar refractivity (Wildman–Crippen MR) is 92.5 cm³/mol. The van der Waals surface area contributed by atoms with Gasteiger partial charge in [-0.05, 0) is 43.9 Å². The molecule has 2 saturated heterocycles. The minimum atomic E-state index is -0.374. The number of ether oxygens (including phenoxy) is 2. The molecule has 4 nitrogen and oxygen atoms in total. The van der Waals surface area contributed by atoms with E-state index in [9.17, 15) is 9.90 Å². The maximum Gasteiger partial charge on any atom is 0.306 e. The van der Waals surface area contributed by atoms with Gasteiger partial charge in [0.25, 0.3) is 0 Å². The molecular formula is C20H32O4. The maximum atomic E-state index is 11.7. The molecule has 3 fully saturated rings. The smallest absolute Gasteiger partial charge is 0.306 e. The van der Waals surface area contributed by atoms with Crippen LogP contribution >= 0.6 is 0 Å². The van der Waals surface area contributed by atoms with Gasteiger partial charge in [0.2, 0.25) is 0 Å². The summed E-state index contributed by atoms with van der Waals surface area (Å²) in [5.41, 5.74) is 0. The molecule has 0 aromatic heterocycles. The Morgan fingerprint density at radius 1 is 1.25 bits per heavy atom. The van der Waals surface area contributed by atoms with Gasteiger partial charge in [-0.25, -0.2) is 0 Å². The molecule has 24 heavy (non-hydrogen) atoms. The molecular weight excluding hydrogens is 304 g/mol. The third-order valence-corrected chi connectivity index (χ3v) is 6.01. The van der Waals surface area contributed by atoms with E-state index in [4.69, 9.17) is 9.47 Å². The molecule has 6 atom stereocenters. The van der Waals surface area contributed by atoms with E-state index in [1.54, 1.807) is 0 Å². The van der Waals surface area contributed by atoms with Gasteiger partial charge in [0.05, 0.1) is 18.6 Å². The van der Waals surface area contributed by atoms with E-state index < -0.39 is 0 Å². The fraction of sp³-hybridized carbons (Fsp3) is 0.850. The molecule has 4 heteroatoms. The zero-order valence-corrected chi connectivity index (χ0v) is 14.9. The molecule has 1 unspecified atom stereocenters. The highest BCUT2D eigenvalue weighted by molar-refractivity contribution is 5.72. The SMILES string of the molecule is CCCCC[C@@H](O)/C=C/[C@@H]1[C@@H]2CC(=O)O[C@@H]2C[C@H]1C1CCCCO1. The predicted octanol–water partition coefficient (Wildman–Crippen LogP) is 3.62. The van der Waals surface area contributed by atoms with E-state index in [1.807, 2.05) is 6.08 Å². The molecule has 1 aliphatic carbocycles. The zero-order valence-electron chi connectivity index (χ0n) is 14.9. The van der Waals surface area contributed by atoms with Crippen LogP contribution in [0.3, 0.4) is 0 Å². The zero-order chi connectivity index (χ0) is 16.9. The van der Waals surface area contributed by atoms with E-state index in [0.29, 0.717) is 18.3 Å². The quantitative estimate of drug-likeness (QED) is 0.438. The Balaban J connectivity index is 1.64. The van der Waals surface area contributed by atoms with E-state index in [2.05, 4.69) is 13.0 Å². The van der Waals surface area contributed by atoms with Crippen molar-refractivity contribution < 1.29 is 19.4 Å². The summed E-state index contributed by atoms with van der Waals surface area (Å²) in [6.07, 6.45) is 13.3. The van der Waals surface area contributed by atoms with Gasteiger partial charge >= 0.3 is 5.97 Å².